The van der Waals surface area contributed by atoms with E-state index in [-0.39, 0.29) is 0 Å². The second-order valence-electron chi connectivity index (χ2n) is 5.70. The van der Waals surface area contributed by atoms with Crippen molar-refractivity contribution in [3.8, 4) is 0 Å². The first-order valence-corrected chi connectivity index (χ1v) is 8.00. The zero-order valence-electron chi connectivity index (χ0n) is 11.9. The number of hydrogen-bond acceptors (Lipinski definition) is 3. The minimum Gasteiger partial charge on any atom is -0.329 e. The van der Waals surface area contributed by atoms with Gasteiger partial charge in [0.2, 0.25) is 0 Å². The number of likely N-dealkylation sites (tertiary alicyclic amines) is 1. The van der Waals surface area contributed by atoms with Crippen LogP contribution in [0.5, 0.6) is 0 Å². The highest BCUT2D eigenvalue weighted by Crippen LogP contribution is 2.33. The lowest BCUT2D eigenvalue weighted by Gasteiger charge is -2.26. The van der Waals surface area contributed by atoms with Crippen LogP contribution in [0.1, 0.15) is 43.0 Å². The fourth-order valence-corrected chi connectivity index (χ4v) is 3.95. The van der Waals surface area contributed by atoms with Gasteiger partial charge in [-0.2, -0.15) is 0 Å². The first kappa shape index (κ1) is 14.0. The monoisotopic (exact) mass is 266 g/mol. The van der Waals surface area contributed by atoms with Gasteiger partial charge >= 0.3 is 0 Å². The zero-order chi connectivity index (χ0) is 13.1. The molecule has 102 valence electrons. The van der Waals surface area contributed by atoms with Crippen molar-refractivity contribution in [1.82, 2.24) is 4.90 Å². The van der Waals surface area contributed by atoms with Crippen LogP contribution in [0.2, 0.25) is 0 Å². The highest BCUT2D eigenvalue weighted by atomic mass is 32.1. The molecule has 1 aromatic heterocycles. The Kier molecular flexibility index (Phi) is 4.82. The van der Waals surface area contributed by atoms with Gasteiger partial charge in [-0.3, -0.25) is 4.90 Å². The summed E-state index contributed by atoms with van der Waals surface area (Å²) in [6.45, 7) is 10.1. The van der Waals surface area contributed by atoms with Gasteiger partial charge in [0.05, 0.1) is 6.04 Å². The SMILES string of the molecule is CCc1ccc(C(CN)N2CCC(C(C)C)C2)s1. The van der Waals surface area contributed by atoms with Crippen LogP contribution in [0.4, 0.5) is 0 Å². The van der Waals surface area contributed by atoms with Gasteiger partial charge in [-0.05, 0) is 43.4 Å². The first-order chi connectivity index (χ1) is 8.65. The molecule has 0 saturated carbocycles. The number of nitrogens with two attached hydrogens (primary N) is 1. The van der Waals surface area contributed by atoms with Gasteiger partial charge in [0.15, 0.2) is 0 Å². The molecule has 18 heavy (non-hydrogen) atoms. The topological polar surface area (TPSA) is 29.3 Å². The summed E-state index contributed by atoms with van der Waals surface area (Å²) in [7, 11) is 0. The van der Waals surface area contributed by atoms with Gasteiger partial charge in [-0.15, -0.1) is 11.3 Å². The summed E-state index contributed by atoms with van der Waals surface area (Å²) in [5, 5.41) is 0. The summed E-state index contributed by atoms with van der Waals surface area (Å²) in [6, 6.07) is 4.99. The fourth-order valence-electron chi connectivity index (χ4n) is 2.85. The largest absolute Gasteiger partial charge is 0.329 e. The van der Waals surface area contributed by atoms with E-state index in [1.807, 2.05) is 11.3 Å². The van der Waals surface area contributed by atoms with E-state index < -0.39 is 0 Å². The Morgan fingerprint density at radius 1 is 1.44 bits per heavy atom. The van der Waals surface area contributed by atoms with Gasteiger partial charge in [-0.1, -0.05) is 20.8 Å². The van der Waals surface area contributed by atoms with E-state index in [2.05, 4.69) is 37.8 Å². The van der Waals surface area contributed by atoms with Crippen molar-refractivity contribution in [3.05, 3.63) is 21.9 Å². The average Bonchev–Trinajstić information content (AvgIpc) is 2.99. The standard InChI is InChI=1S/C15H26N2S/c1-4-13-5-6-15(18-13)14(9-16)17-8-7-12(10-17)11(2)3/h5-6,11-12,14H,4,7-10,16H2,1-3H3. The lowest BCUT2D eigenvalue weighted by Crippen LogP contribution is -2.32. The van der Waals surface area contributed by atoms with E-state index >= 15 is 0 Å². The van der Waals surface area contributed by atoms with E-state index in [4.69, 9.17) is 5.73 Å². The third-order valence-corrected chi connectivity index (χ3v) is 5.55. The lowest BCUT2D eigenvalue weighted by molar-refractivity contribution is 0.235. The molecule has 1 fully saturated rings. The number of hydrogen-bond donors (Lipinski definition) is 1. The molecule has 0 aliphatic carbocycles. The van der Waals surface area contributed by atoms with Gasteiger partial charge < -0.3 is 5.73 Å². The van der Waals surface area contributed by atoms with Gasteiger partial charge in [0.1, 0.15) is 0 Å². The smallest absolute Gasteiger partial charge is 0.0564 e. The third kappa shape index (κ3) is 2.95. The quantitative estimate of drug-likeness (QED) is 0.886. The Balaban J connectivity index is 2.05. The second-order valence-corrected chi connectivity index (χ2v) is 6.90. The summed E-state index contributed by atoms with van der Waals surface area (Å²) in [5.41, 5.74) is 6.02. The third-order valence-electron chi connectivity index (χ3n) is 4.22. The van der Waals surface area contributed by atoms with Crippen LogP contribution in [0, 0.1) is 11.8 Å². The maximum Gasteiger partial charge on any atom is 0.0564 e. The summed E-state index contributed by atoms with van der Waals surface area (Å²) >= 11 is 1.94. The predicted molar refractivity (Wildman–Crippen MR) is 80.0 cm³/mol. The maximum atomic E-state index is 6.02. The summed E-state index contributed by atoms with van der Waals surface area (Å²) in [6.07, 6.45) is 2.47. The van der Waals surface area contributed by atoms with Gasteiger partial charge in [-0.25, -0.2) is 0 Å². The van der Waals surface area contributed by atoms with Crippen molar-refractivity contribution < 1.29 is 0 Å². The minimum atomic E-state index is 0.444. The molecule has 3 heteroatoms. The zero-order valence-corrected chi connectivity index (χ0v) is 12.7. The molecule has 2 rings (SSSR count). The van der Waals surface area contributed by atoms with Crippen molar-refractivity contribution >= 4 is 11.3 Å². The number of aryl methyl sites for hydroxylation is 1. The lowest BCUT2D eigenvalue weighted by atomic mass is 9.95. The number of nitrogens with zero attached hydrogens (tertiary/aromatic N) is 1. The Labute approximate surface area is 115 Å². The molecule has 0 spiro atoms. The molecule has 2 nitrogen and oxygen atoms in total. The number of rotatable bonds is 5. The van der Waals surface area contributed by atoms with E-state index in [0.717, 1.165) is 24.8 Å². The first-order valence-electron chi connectivity index (χ1n) is 7.18. The van der Waals surface area contributed by atoms with Gasteiger partial charge in [0.25, 0.3) is 0 Å². The van der Waals surface area contributed by atoms with Crippen LogP contribution in [-0.4, -0.2) is 24.5 Å². The van der Waals surface area contributed by atoms with Crippen molar-refractivity contribution in [2.75, 3.05) is 19.6 Å². The Morgan fingerprint density at radius 3 is 2.72 bits per heavy atom. The normalized spacial score (nSPS) is 22.8. The Bertz CT molecular complexity index is 372. The van der Waals surface area contributed by atoms with Crippen LogP contribution in [-0.2, 0) is 6.42 Å². The summed E-state index contributed by atoms with van der Waals surface area (Å²) in [5.74, 6) is 1.65. The van der Waals surface area contributed by atoms with E-state index in [9.17, 15) is 0 Å². The van der Waals surface area contributed by atoms with Crippen molar-refractivity contribution in [2.45, 2.75) is 39.7 Å². The fraction of sp³-hybridized carbons (Fsp3) is 0.733. The molecule has 2 atom stereocenters. The molecule has 2 unspecified atom stereocenters. The van der Waals surface area contributed by atoms with Crippen molar-refractivity contribution in [2.24, 2.45) is 17.6 Å². The van der Waals surface area contributed by atoms with E-state index in [1.165, 1.54) is 29.3 Å². The average molecular weight is 266 g/mol. The van der Waals surface area contributed by atoms with Crippen LogP contribution in [0.15, 0.2) is 12.1 Å². The summed E-state index contributed by atoms with van der Waals surface area (Å²) in [4.78, 5) is 5.53. The predicted octanol–water partition coefficient (Wildman–Crippen LogP) is 3.29. The Morgan fingerprint density at radius 2 is 2.22 bits per heavy atom. The minimum absolute atomic E-state index is 0.444. The molecule has 1 aromatic rings. The second kappa shape index (κ2) is 6.18. The van der Waals surface area contributed by atoms with Crippen LogP contribution in [0.25, 0.3) is 0 Å². The van der Waals surface area contributed by atoms with Crippen LogP contribution < -0.4 is 5.73 Å². The van der Waals surface area contributed by atoms with E-state index in [0.29, 0.717) is 6.04 Å². The van der Waals surface area contributed by atoms with Crippen LogP contribution >= 0.6 is 11.3 Å². The molecule has 1 aliphatic rings. The molecular weight excluding hydrogens is 240 g/mol. The molecule has 0 bridgehead atoms. The number of thiophene rings is 1. The molecule has 0 radical (unpaired) electrons. The molecular formula is C15H26N2S. The highest BCUT2D eigenvalue weighted by Gasteiger charge is 2.30. The molecule has 0 aromatic carbocycles. The molecule has 0 amide bonds. The van der Waals surface area contributed by atoms with E-state index in [1.54, 1.807) is 0 Å². The summed E-state index contributed by atoms with van der Waals surface area (Å²) < 4.78 is 0. The Hall–Kier alpha value is -0.380. The molecule has 1 saturated heterocycles. The molecule has 2 N–H and O–H groups in total. The molecule has 1 aliphatic heterocycles. The van der Waals surface area contributed by atoms with Crippen molar-refractivity contribution in [3.63, 3.8) is 0 Å². The van der Waals surface area contributed by atoms with Crippen molar-refractivity contribution in [1.29, 1.82) is 0 Å². The highest BCUT2D eigenvalue weighted by molar-refractivity contribution is 7.12. The van der Waals surface area contributed by atoms with Gasteiger partial charge in [0, 0.05) is 22.8 Å². The van der Waals surface area contributed by atoms with Crippen LogP contribution in [0.3, 0.4) is 0 Å². The molecule has 2 heterocycles. The maximum absolute atomic E-state index is 6.02.